The van der Waals surface area contributed by atoms with Crippen LogP contribution < -0.4 is 26.8 Å². The monoisotopic (exact) mass is 793 g/mol. The van der Waals surface area contributed by atoms with Crippen molar-refractivity contribution in [2.24, 2.45) is 22.4 Å². The lowest BCUT2D eigenvalue weighted by molar-refractivity contribution is -0.140. The summed E-state index contributed by atoms with van der Waals surface area (Å²) < 4.78 is 39.3. The molecule has 3 amide bonds. The number of ketones is 1. The Morgan fingerprint density at radius 1 is 1.04 bits per heavy atom. The van der Waals surface area contributed by atoms with Crippen molar-refractivity contribution in [3.05, 3.63) is 60.0 Å². The summed E-state index contributed by atoms with van der Waals surface area (Å²) in [6, 6.07) is 10.1. The molecule has 3 aromatic rings. The third-order valence-electron chi connectivity index (χ3n) is 10.5. The van der Waals surface area contributed by atoms with E-state index in [1.54, 1.807) is 53.4 Å². The van der Waals surface area contributed by atoms with Crippen molar-refractivity contribution in [2.75, 3.05) is 39.0 Å². The molecule has 3 aliphatic heterocycles. The Morgan fingerprint density at radius 3 is 2.50 bits per heavy atom. The lowest BCUT2D eigenvalue weighted by Gasteiger charge is -2.30. The van der Waals surface area contributed by atoms with Crippen LogP contribution in [-0.4, -0.2) is 116 Å². The molecule has 0 saturated carbocycles. The van der Waals surface area contributed by atoms with Gasteiger partial charge in [0.15, 0.2) is 11.5 Å². The zero-order chi connectivity index (χ0) is 39.8. The molecule has 56 heavy (non-hydrogen) atoms. The van der Waals surface area contributed by atoms with Gasteiger partial charge in [0.25, 0.3) is 5.89 Å². The number of nitrogens with one attached hydrogen (secondary N) is 3. The van der Waals surface area contributed by atoms with Crippen LogP contribution >= 0.6 is 0 Å². The van der Waals surface area contributed by atoms with Crippen LogP contribution in [0, 0.1) is 5.92 Å². The average Bonchev–Trinajstić information content (AvgIpc) is 3.81. The molecular weight excluding hydrogens is 743 g/mol. The number of sulfonamides is 1. The van der Waals surface area contributed by atoms with E-state index in [4.69, 9.17) is 20.6 Å². The third kappa shape index (κ3) is 10.8. The van der Waals surface area contributed by atoms with Gasteiger partial charge in [-0.05, 0) is 93.8 Å². The topological polar surface area (TPSA) is 245 Å². The Balaban J connectivity index is 1.28. The Bertz CT molecular complexity index is 1990. The molecule has 3 saturated heterocycles. The molecule has 0 unspecified atom stereocenters. The maximum atomic E-state index is 14.5. The van der Waals surface area contributed by atoms with E-state index < -0.39 is 57.9 Å². The van der Waals surface area contributed by atoms with E-state index in [1.807, 2.05) is 0 Å². The van der Waals surface area contributed by atoms with Crippen molar-refractivity contribution in [1.29, 1.82) is 0 Å². The normalized spacial score (nSPS) is 20.3. The molecule has 0 aliphatic carbocycles. The number of rotatable bonds is 14. The highest BCUT2D eigenvalue weighted by molar-refractivity contribution is 7.88. The summed E-state index contributed by atoms with van der Waals surface area (Å²) in [5, 5.41) is 6.15. The molecule has 0 spiro atoms. The molecule has 4 heterocycles. The van der Waals surface area contributed by atoms with Crippen molar-refractivity contribution in [3.8, 4) is 0 Å². The summed E-state index contributed by atoms with van der Waals surface area (Å²) in [6.45, 7) is 2.61. The Morgan fingerprint density at radius 2 is 1.79 bits per heavy atom. The first-order chi connectivity index (χ1) is 26.8. The molecule has 17 nitrogen and oxygen atoms in total. The van der Waals surface area contributed by atoms with Crippen LogP contribution in [0.1, 0.15) is 67.6 Å². The average molecular weight is 794 g/mol. The van der Waals surface area contributed by atoms with Gasteiger partial charge in [0.1, 0.15) is 29.7 Å². The molecule has 0 radical (unpaired) electrons. The predicted molar refractivity (Wildman–Crippen MR) is 208 cm³/mol. The van der Waals surface area contributed by atoms with Crippen LogP contribution in [0.4, 0.5) is 10.5 Å². The molecule has 6 rings (SSSR count). The fraction of sp³-hybridized carbons (Fsp3) is 0.526. The van der Waals surface area contributed by atoms with Crippen LogP contribution in [0.3, 0.4) is 0 Å². The smallest absolute Gasteiger partial charge is 0.410 e. The van der Waals surface area contributed by atoms with Gasteiger partial charge in [-0.25, -0.2) is 27.9 Å². The first kappa shape index (κ1) is 40.6. The van der Waals surface area contributed by atoms with Crippen molar-refractivity contribution in [1.82, 2.24) is 30.1 Å². The van der Waals surface area contributed by atoms with Crippen LogP contribution in [0.15, 0.2) is 57.9 Å². The Kier molecular flexibility index (Phi) is 13.2. The first-order valence-corrected chi connectivity index (χ1v) is 21.0. The number of hydrogen-bond donors (Lipinski definition) is 5. The molecule has 7 N–H and O–H groups in total. The largest absolute Gasteiger partial charge is 0.444 e. The number of aromatic nitrogens is 1. The van der Waals surface area contributed by atoms with Crippen LogP contribution in [-0.2, 0) is 30.8 Å². The van der Waals surface area contributed by atoms with Crippen LogP contribution in [0.5, 0.6) is 0 Å². The summed E-state index contributed by atoms with van der Waals surface area (Å²) in [7, 11) is -3.84. The van der Waals surface area contributed by atoms with Gasteiger partial charge in [0.05, 0.1) is 18.5 Å². The predicted octanol–water partition coefficient (Wildman–Crippen LogP) is 1.93. The second-order valence-electron chi connectivity index (χ2n) is 14.8. The minimum Gasteiger partial charge on any atom is -0.444 e. The molecule has 4 atom stereocenters. The number of nitrogens with two attached hydrogens (primary N) is 2. The fourth-order valence-corrected chi connectivity index (χ4v) is 8.41. The molecule has 302 valence electrons. The molecule has 2 aromatic carbocycles. The standard InChI is InChI=1S/C38H51N9O8S/c1-56(52,53)45-29(13-12-24-14-16-41-17-15-24)36(50)47-23-27(54-38(51)46-18-5-2-6-19-46)22-31(47)34(49)43-30(21-25-8-7-9-26(20-25)42-37(39)40)33(48)35-44-28-10-3-4-11-32(28)55-35/h3-4,7-11,20,24,27,29-31,41,45H,2,5-6,12-19,21-23H2,1H3,(H,43,49)(H4,39,40,42)/t27-,29-,30+,31+/m1/s1. The number of nitrogens with zero attached hydrogens (tertiary/aromatic N) is 4. The van der Waals surface area contributed by atoms with Gasteiger partial charge in [-0.1, -0.05) is 24.3 Å². The molecule has 3 aliphatic rings. The highest BCUT2D eigenvalue weighted by atomic mass is 32.2. The number of likely N-dealkylation sites (tertiary alicyclic amines) is 2. The zero-order valence-corrected chi connectivity index (χ0v) is 32.3. The number of benzene rings is 2. The summed E-state index contributed by atoms with van der Waals surface area (Å²) in [6.07, 6.45) is 4.78. The van der Waals surface area contributed by atoms with Gasteiger partial charge in [-0.15, -0.1) is 0 Å². The number of aliphatic imine (C=N–C) groups is 1. The number of carbonyl (C=O) groups excluding carboxylic acids is 4. The van der Waals surface area contributed by atoms with Gasteiger partial charge in [-0.2, -0.15) is 0 Å². The molecular formula is C38H51N9O8S. The number of para-hydroxylation sites is 2. The minimum absolute atomic E-state index is 0.0281. The van der Waals surface area contributed by atoms with Crippen LogP contribution in [0.25, 0.3) is 11.1 Å². The highest BCUT2D eigenvalue weighted by Gasteiger charge is 2.45. The second kappa shape index (κ2) is 18.3. The van der Waals surface area contributed by atoms with Crippen LogP contribution in [0.2, 0.25) is 0 Å². The quantitative estimate of drug-likeness (QED) is 0.0894. The van der Waals surface area contributed by atoms with Gasteiger partial charge >= 0.3 is 6.09 Å². The summed E-state index contributed by atoms with van der Waals surface area (Å²) in [5.41, 5.74) is 13.1. The van der Waals surface area contributed by atoms with Gasteiger partial charge in [0.2, 0.25) is 27.6 Å². The summed E-state index contributed by atoms with van der Waals surface area (Å²) in [5.74, 6) is -2.01. The molecule has 18 heteroatoms. The van der Waals surface area contributed by atoms with E-state index in [-0.39, 0.29) is 37.7 Å². The fourth-order valence-electron chi connectivity index (χ4n) is 7.67. The molecule has 0 bridgehead atoms. The summed E-state index contributed by atoms with van der Waals surface area (Å²) >= 11 is 0. The number of Topliss-reactive ketones (excluding diaryl/α,β-unsaturated/α-hetero) is 1. The van der Waals surface area contributed by atoms with E-state index in [2.05, 4.69) is 25.3 Å². The lowest BCUT2D eigenvalue weighted by Crippen LogP contribution is -2.55. The van der Waals surface area contributed by atoms with Crippen molar-refractivity contribution in [2.45, 2.75) is 82.0 Å². The number of ether oxygens (including phenoxy) is 1. The number of hydrogen-bond acceptors (Lipinski definition) is 11. The number of amides is 3. The first-order valence-electron chi connectivity index (χ1n) is 19.2. The van der Waals surface area contributed by atoms with Crippen molar-refractivity contribution < 1.29 is 36.7 Å². The zero-order valence-electron chi connectivity index (χ0n) is 31.5. The van der Waals surface area contributed by atoms with E-state index in [9.17, 15) is 27.6 Å². The van der Waals surface area contributed by atoms with Crippen molar-refractivity contribution in [3.63, 3.8) is 0 Å². The molecule has 3 fully saturated rings. The van der Waals surface area contributed by atoms with E-state index in [0.29, 0.717) is 47.8 Å². The van der Waals surface area contributed by atoms with Crippen molar-refractivity contribution >= 4 is 56.5 Å². The second-order valence-corrected chi connectivity index (χ2v) is 16.6. The number of carbonyl (C=O) groups is 4. The van der Waals surface area contributed by atoms with E-state index in [1.165, 1.54) is 4.90 Å². The highest BCUT2D eigenvalue weighted by Crippen LogP contribution is 2.27. The van der Waals surface area contributed by atoms with E-state index in [0.717, 1.165) is 51.4 Å². The number of fused-ring (bicyclic) bond motifs is 1. The van der Waals surface area contributed by atoms with Gasteiger partial charge in [-0.3, -0.25) is 14.4 Å². The SMILES string of the molecule is CS(=O)(=O)N[C@H](CCC1CCNCC1)C(=O)N1C[C@H](OC(=O)N2CCCCC2)C[C@H]1C(=O)N[C@@H](Cc1cccc(N=C(N)N)c1)C(=O)c1nc2ccccc2o1. The Hall–Kier alpha value is -5.07. The third-order valence-corrected chi connectivity index (χ3v) is 11.2. The number of oxazole rings is 1. The minimum atomic E-state index is -3.84. The Labute approximate surface area is 326 Å². The van der Waals surface area contributed by atoms with Gasteiger partial charge in [0, 0.05) is 25.9 Å². The maximum Gasteiger partial charge on any atom is 0.410 e. The number of piperidine rings is 2. The van der Waals surface area contributed by atoms with E-state index >= 15 is 0 Å². The number of guanidine groups is 1. The lowest BCUT2D eigenvalue weighted by atomic mass is 9.91. The maximum absolute atomic E-state index is 14.5. The van der Waals surface area contributed by atoms with Gasteiger partial charge < -0.3 is 41.1 Å². The molecule has 1 aromatic heterocycles. The summed E-state index contributed by atoms with van der Waals surface area (Å²) in [4.78, 5) is 67.6.